The summed E-state index contributed by atoms with van der Waals surface area (Å²) in [7, 11) is 0. The zero-order chi connectivity index (χ0) is 18.5. The molecular formula is C18H13ClN2O5. The number of hydrogen-bond acceptors (Lipinski definition) is 5. The molecule has 0 atom stereocenters. The highest BCUT2D eigenvalue weighted by Crippen LogP contribution is 2.19. The average Bonchev–Trinajstić information content (AvgIpc) is 2.64. The SMILES string of the molecule is O=C(COc1ccc2ccc(=O)oc2c1)NNC(=O)c1ccccc1Cl. The smallest absolute Gasteiger partial charge is 0.336 e. The van der Waals surface area contributed by atoms with Gasteiger partial charge in [-0.25, -0.2) is 4.79 Å². The molecule has 3 aromatic rings. The molecule has 0 radical (unpaired) electrons. The second kappa shape index (κ2) is 7.71. The molecule has 2 N–H and O–H groups in total. The lowest BCUT2D eigenvalue weighted by atomic mass is 10.2. The molecular weight excluding hydrogens is 360 g/mol. The second-order valence-electron chi connectivity index (χ2n) is 5.22. The molecule has 0 unspecified atom stereocenters. The van der Waals surface area contributed by atoms with E-state index in [-0.39, 0.29) is 17.2 Å². The van der Waals surface area contributed by atoms with Crippen LogP contribution in [0.5, 0.6) is 5.75 Å². The molecule has 0 bridgehead atoms. The lowest BCUT2D eigenvalue weighted by molar-refractivity contribution is -0.123. The van der Waals surface area contributed by atoms with Gasteiger partial charge in [-0.15, -0.1) is 0 Å². The summed E-state index contributed by atoms with van der Waals surface area (Å²) in [5.74, 6) is -0.768. The molecule has 2 aromatic carbocycles. The fraction of sp³-hybridized carbons (Fsp3) is 0.0556. The van der Waals surface area contributed by atoms with E-state index in [9.17, 15) is 14.4 Å². The van der Waals surface area contributed by atoms with Gasteiger partial charge in [-0.05, 0) is 30.3 Å². The third-order valence-corrected chi connectivity index (χ3v) is 3.73. The number of halogens is 1. The number of hydrazine groups is 1. The van der Waals surface area contributed by atoms with Gasteiger partial charge in [0, 0.05) is 17.5 Å². The van der Waals surface area contributed by atoms with Crippen LogP contribution in [0.4, 0.5) is 0 Å². The van der Waals surface area contributed by atoms with Crippen molar-refractivity contribution in [3.05, 3.63) is 75.6 Å². The first-order valence-corrected chi connectivity index (χ1v) is 7.91. The molecule has 0 saturated heterocycles. The molecule has 26 heavy (non-hydrogen) atoms. The van der Waals surface area contributed by atoms with Crippen molar-refractivity contribution < 1.29 is 18.7 Å². The Morgan fingerprint density at radius 2 is 1.81 bits per heavy atom. The Balaban J connectivity index is 1.55. The first-order chi connectivity index (χ1) is 12.5. The summed E-state index contributed by atoms with van der Waals surface area (Å²) in [5.41, 5.74) is 4.59. The van der Waals surface area contributed by atoms with Gasteiger partial charge < -0.3 is 9.15 Å². The predicted octanol–water partition coefficient (Wildman–Crippen LogP) is 2.29. The molecule has 132 valence electrons. The van der Waals surface area contributed by atoms with Crippen LogP contribution in [0.1, 0.15) is 10.4 Å². The fourth-order valence-corrected chi connectivity index (χ4v) is 2.38. The number of fused-ring (bicyclic) bond motifs is 1. The lowest BCUT2D eigenvalue weighted by Gasteiger charge is -2.09. The highest BCUT2D eigenvalue weighted by atomic mass is 35.5. The van der Waals surface area contributed by atoms with Crippen molar-refractivity contribution in [2.75, 3.05) is 6.61 Å². The van der Waals surface area contributed by atoms with E-state index in [1.165, 1.54) is 18.2 Å². The molecule has 0 aliphatic rings. The number of amides is 2. The number of nitrogens with one attached hydrogen (secondary N) is 2. The Morgan fingerprint density at radius 1 is 1.04 bits per heavy atom. The number of carbonyl (C=O) groups excluding carboxylic acids is 2. The lowest BCUT2D eigenvalue weighted by Crippen LogP contribution is -2.43. The first-order valence-electron chi connectivity index (χ1n) is 7.53. The molecule has 0 spiro atoms. The zero-order valence-corrected chi connectivity index (χ0v) is 14.1. The van der Waals surface area contributed by atoms with E-state index in [1.54, 1.807) is 36.4 Å². The van der Waals surface area contributed by atoms with E-state index in [4.69, 9.17) is 20.8 Å². The van der Waals surface area contributed by atoms with Crippen LogP contribution < -0.4 is 21.2 Å². The summed E-state index contributed by atoms with van der Waals surface area (Å²) in [4.78, 5) is 35.0. The van der Waals surface area contributed by atoms with Gasteiger partial charge in [0.1, 0.15) is 11.3 Å². The van der Waals surface area contributed by atoms with Crippen molar-refractivity contribution in [1.29, 1.82) is 0 Å². The van der Waals surface area contributed by atoms with Crippen LogP contribution in [-0.2, 0) is 4.79 Å². The van der Waals surface area contributed by atoms with Crippen LogP contribution in [-0.4, -0.2) is 18.4 Å². The minimum Gasteiger partial charge on any atom is -0.484 e. The van der Waals surface area contributed by atoms with Crippen molar-refractivity contribution in [2.24, 2.45) is 0 Å². The summed E-state index contributed by atoms with van der Waals surface area (Å²) in [6, 6.07) is 14.2. The first kappa shape index (κ1) is 17.5. The summed E-state index contributed by atoms with van der Waals surface area (Å²) >= 11 is 5.91. The maximum Gasteiger partial charge on any atom is 0.336 e. The Labute approximate surface area is 152 Å². The van der Waals surface area contributed by atoms with Gasteiger partial charge in [0.25, 0.3) is 11.8 Å². The van der Waals surface area contributed by atoms with Gasteiger partial charge in [-0.2, -0.15) is 0 Å². The third kappa shape index (κ3) is 4.20. The van der Waals surface area contributed by atoms with E-state index >= 15 is 0 Å². The fourth-order valence-electron chi connectivity index (χ4n) is 2.15. The van der Waals surface area contributed by atoms with Crippen LogP contribution in [0.2, 0.25) is 5.02 Å². The van der Waals surface area contributed by atoms with Gasteiger partial charge in [-0.1, -0.05) is 23.7 Å². The highest BCUT2D eigenvalue weighted by Gasteiger charge is 2.11. The van der Waals surface area contributed by atoms with E-state index in [1.807, 2.05) is 0 Å². The largest absolute Gasteiger partial charge is 0.484 e. The monoisotopic (exact) mass is 372 g/mol. The number of hydrogen-bond donors (Lipinski definition) is 2. The van der Waals surface area contributed by atoms with E-state index in [0.717, 1.165) is 5.39 Å². The minimum absolute atomic E-state index is 0.236. The van der Waals surface area contributed by atoms with E-state index < -0.39 is 17.4 Å². The standard InChI is InChI=1S/C18H13ClN2O5/c19-14-4-2-1-3-13(14)18(24)21-20-16(22)10-25-12-7-5-11-6-8-17(23)26-15(11)9-12/h1-9H,10H2,(H,20,22)(H,21,24). The third-order valence-electron chi connectivity index (χ3n) is 3.40. The Hall–Kier alpha value is -3.32. The molecule has 2 amide bonds. The van der Waals surface area contributed by atoms with Gasteiger partial charge in [0.15, 0.2) is 6.61 Å². The predicted molar refractivity (Wildman–Crippen MR) is 95.0 cm³/mol. The summed E-state index contributed by atoms with van der Waals surface area (Å²) in [5, 5.41) is 1.00. The molecule has 0 fully saturated rings. The van der Waals surface area contributed by atoms with Crippen LogP contribution >= 0.6 is 11.6 Å². The summed E-state index contributed by atoms with van der Waals surface area (Å²) in [6.07, 6.45) is 0. The summed E-state index contributed by atoms with van der Waals surface area (Å²) in [6.45, 7) is -0.342. The minimum atomic E-state index is -0.569. The van der Waals surface area contributed by atoms with E-state index in [2.05, 4.69) is 10.9 Å². The second-order valence-corrected chi connectivity index (χ2v) is 5.63. The maximum absolute atomic E-state index is 11.9. The Bertz CT molecular complexity index is 1030. The van der Waals surface area contributed by atoms with Crippen molar-refractivity contribution in [2.45, 2.75) is 0 Å². The number of carbonyl (C=O) groups is 2. The van der Waals surface area contributed by atoms with Crippen molar-refractivity contribution >= 4 is 34.4 Å². The van der Waals surface area contributed by atoms with Crippen molar-refractivity contribution in [1.82, 2.24) is 10.9 Å². The molecule has 8 heteroatoms. The topological polar surface area (TPSA) is 97.6 Å². The van der Waals surface area contributed by atoms with E-state index in [0.29, 0.717) is 11.3 Å². The van der Waals surface area contributed by atoms with Crippen LogP contribution in [0.25, 0.3) is 11.0 Å². The Kier molecular flexibility index (Phi) is 5.19. The maximum atomic E-state index is 11.9. The molecule has 0 aliphatic carbocycles. The number of benzene rings is 2. The quantitative estimate of drug-likeness (QED) is 0.541. The molecule has 1 heterocycles. The van der Waals surface area contributed by atoms with Crippen LogP contribution in [0.15, 0.2) is 63.8 Å². The molecule has 0 saturated carbocycles. The normalized spacial score (nSPS) is 10.3. The highest BCUT2D eigenvalue weighted by molar-refractivity contribution is 6.33. The van der Waals surface area contributed by atoms with Gasteiger partial charge in [-0.3, -0.25) is 20.4 Å². The molecule has 1 aromatic heterocycles. The Morgan fingerprint density at radius 3 is 2.62 bits per heavy atom. The molecule has 0 aliphatic heterocycles. The van der Waals surface area contributed by atoms with Crippen molar-refractivity contribution in [3.63, 3.8) is 0 Å². The number of rotatable bonds is 4. The number of ether oxygens (including phenoxy) is 1. The average molecular weight is 373 g/mol. The van der Waals surface area contributed by atoms with Crippen molar-refractivity contribution in [3.8, 4) is 5.75 Å². The summed E-state index contributed by atoms with van der Waals surface area (Å²) < 4.78 is 10.4. The van der Waals surface area contributed by atoms with Gasteiger partial charge in [0.2, 0.25) is 0 Å². The van der Waals surface area contributed by atoms with Gasteiger partial charge in [0.05, 0.1) is 10.6 Å². The molecule has 7 nitrogen and oxygen atoms in total. The van der Waals surface area contributed by atoms with Crippen LogP contribution in [0, 0.1) is 0 Å². The van der Waals surface area contributed by atoms with Crippen LogP contribution in [0.3, 0.4) is 0 Å². The molecule has 3 rings (SSSR count). The zero-order valence-electron chi connectivity index (χ0n) is 13.3. The van der Waals surface area contributed by atoms with Gasteiger partial charge >= 0.3 is 5.63 Å².